The fourth-order valence-electron chi connectivity index (χ4n) is 2.04. The molecule has 0 heterocycles. The molecule has 23 heavy (non-hydrogen) atoms. The molecule has 0 saturated carbocycles. The van der Waals surface area contributed by atoms with Gasteiger partial charge in [-0.1, -0.05) is 28.1 Å². The second kappa shape index (κ2) is 8.58. The minimum Gasteiger partial charge on any atom is -0.489 e. The van der Waals surface area contributed by atoms with Gasteiger partial charge in [0.2, 0.25) is 5.91 Å². The molecule has 0 fully saturated rings. The van der Waals surface area contributed by atoms with E-state index >= 15 is 0 Å². The van der Waals surface area contributed by atoms with Gasteiger partial charge in [-0.05, 0) is 50.2 Å². The summed E-state index contributed by atoms with van der Waals surface area (Å²) in [6, 6.07) is 15.3. The Bertz CT molecular complexity index is 642. The first-order valence-corrected chi connectivity index (χ1v) is 8.39. The number of amides is 1. The number of nitrogens with one attached hydrogen (secondary N) is 2. The van der Waals surface area contributed by atoms with Crippen molar-refractivity contribution in [2.24, 2.45) is 0 Å². The Balaban J connectivity index is 1.82. The molecule has 0 aromatic heterocycles. The highest BCUT2D eigenvalue weighted by Crippen LogP contribution is 2.24. The van der Waals surface area contributed by atoms with Gasteiger partial charge in [0.1, 0.15) is 5.75 Å². The number of carbonyl (C=O) groups is 1. The predicted octanol–water partition coefficient (Wildman–Crippen LogP) is 4.68. The first-order chi connectivity index (χ1) is 11.0. The van der Waals surface area contributed by atoms with Gasteiger partial charge in [-0.3, -0.25) is 4.79 Å². The molecule has 0 aliphatic heterocycles. The molecule has 0 radical (unpaired) electrons. The van der Waals surface area contributed by atoms with Gasteiger partial charge >= 0.3 is 0 Å². The third-order valence-electron chi connectivity index (χ3n) is 3.05. The van der Waals surface area contributed by atoms with Gasteiger partial charge in [-0.15, -0.1) is 0 Å². The molecule has 2 aromatic carbocycles. The van der Waals surface area contributed by atoms with Gasteiger partial charge in [0, 0.05) is 23.1 Å². The minimum atomic E-state index is -0.0259. The molecule has 4 nitrogen and oxygen atoms in total. The summed E-state index contributed by atoms with van der Waals surface area (Å²) in [4.78, 5) is 12.0. The largest absolute Gasteiger partial charge is 0.489 e. The lowest BCUT2D eigenvalue weighted by molar-refractivity contribution is -0.115. The van der Waals surface area contributed by atoms with E-state index in [1.165, 1.54) is 0 Å². The van der Waals surface area contributed by atoms with Crippen molar-refractivity contribution in [2.45, 2.75) is 26.4 Å². The van der Waals surface area contributed by atoms with Crippen molar-refractivity contribution < 1.29 is 9.53 Å². The lowest BCUT2D eigenvalue weighted by Crippen LogP contribution is -2.16. The summed E-state index contributed by atoms with van der Waals surface area (Å²) in [7, 11) is 0. The molecular weight excluding hydrogens is 356 g/mol. The number of para-hydroxylation sites is 2. The maximum atomic E-state index is 12.0. The van der Waals surface area contributed by atoms with Gasteiger partial charge in [-0.25, -0.2) is 0 Å². The van der Waals surface area contributed by atoms with Gasteiger partial charge in [0.05, 0.1) is 11.8 Å². The van der Waals surface area contributed by atoms with E-state index < -0.39 is 0 Å². The van der Waals surface area contributed by atoms with Gasteiger partial charge in [0.15, 0.2) is 0 Å². The highest BCUT2D eigenvalue weighted by Gasteiger charge is 2.06. The molecule has 0 aliphatic rings. The van der Waals surface area contributed by atoms with Crippen molar-refractivity contribution >= 4 is 33.2 Å². The number of halogens is 1. The maximum absolute atomic E-state index is 12.0. The molecule has 1 amide bonds. The molecule has 2 aromatic rings. The van der Waals surface area contributed by atoms with Crippen molar-refractivity contribution in [3.05, 3.63) is 53.0 Å². The molecule has 0 spiro atoms. The van der Waals surface area contributed by atoms with Crippen LogP contribution in [0.15, 0.2) is 53.0 Å². The van der Waals surface area contributed by atoms with E-state index in [9.17, 15) is 4.79 Å². The normalized spacial score (nSPS) is 10.4. The van der Waals surface area contributed by atoms with Crippen LogP contribution in [0.3, 0.4) is 0 Å². The molecule has 122 valence electrons. The van der Waals surface area contributed by atoms with Crippen LogP contribution in [0, 0.1) is 0 Å². The number of hydrogen-bond acceptors (Lipinski definition) is 3. The van der Waals surface area contributed by atoms with Crippen LogP contribution in [-0.4, -0.2) is 18.6 Å². The van der Waals surface area contributed by atoms with E-state index in [-0.39, 0.29) is 12.0 Å². The monoisotopic (exact) mass is 376 g/mol. The summed E-state index contributed by atoms with van der Waals surface area (Å²) >= 11 is 3.37. The summed E-state index contributed by atoms with van der Waals surface area (Å²) in [6.07, 6.45) is 0.491. The van der Waals surface area contributed by atoms with Crippen LogP contribution in [-0.2, 0) is 4.79 Å². The number of hydrogen-bond donors (Lipinski definition) is 2. The number of carbonyl (C=O) groups excluding carboxylic acids is 1. The second-order valence-corrected chi connectivity index (χ2v) is 6.31. The summed E-state index contributed by atoms with van der Waals surface area (Å²) < 4.78 is 6.73. The summed E-state index contributed by atoms with van der Waals surface area (Å²) in [5.74, 6) is 0.776. The molecular formula is C18H21BrN2O2. The Morgan fingerprint density at radius 1 is 1.13 bits per heavy atom. The maximum Gasteiger partial charge on any atom is 0.226 e. The number of benzene rings is 2. The molecule has 0 unspecified atom stereocenters. The highest BCUT2D eigenvalue weighted by molar-refractivity contribution is 9.10. The van der Waals surface area contributed by atoms with Crippen molar-refractivity contribution in [3.63, 3.8) is 0 Å². The number of ether oxygens (including phenoxy) is 1. The van der Waals surface area contributed by atoms with E-state index in [0.717, 1.165) is 21.6 Å². The molecule has 5 heteroatoms. The van der Waals surface area contributed by atoms with Crippen LogP contribution >= 0.6 is 15.9 Å². The smallest absolute Gasteiger partial charge is 0.226 e. The third-order valence-corrected chi connectivity index (χ3v) is 3.57. The van der Waals surface area contributed by atoms with E-state index in [0.29, 0.717) is 13.0 Å². The lowest BCUT2D eigenvalue weighted by Gasteiger charge is -2.15. The van der Waals surface area contributed by atoms with Crippen LogP contribution < -0.4 is 15.4 Å². The molecule has 0 atom stereocenters. The Morgan fingerprint density at radius 2 is 1.83 bits per heavy atom. The fourth-order valence-corrected chi connectivity index (χ4v) is 2.30. The zero-order chi connectivity index (χ0) is 16.7. The Labute approximate surface area is 145 Å². The molecule has 0 bridgehead atoms. The van der Waals surface area contributed by atoms with E-state index in [1.54, 1.807) is 0 Å². The van der Waals surface area contributed by atoms with Crippen molar-refractivity contribution in [2.75, 3.05) is 17.2 Å². The topological polar surface area (TPSA) is 50.4 Å². The van der Waals surface area contributed by atoms with Crippen molar-refractivity contribution in [1.82, 2.24) is 0 Å². The van der Waals surface area contributed by atoms with E-state index in [2.05, 4.69) is 26.6 Å². The average Bonchev–Trinajstić information content (AvgIpc) is 2.51. The van der Waals surface area contributed by atoms with Crippen LogP contribution in [0.25, 0.3) is 0 Å². The van der Waals surface area contributed by atoms with Crippen LogP contribution in [0.4, 0.5) is 11.4 Å². The van der Waals surface area contributed by atoms with Crippen molar-refractivity contribution in [1.29, 1.82) is 0 Å². The lowest BCUT2D eigenvalue weighted by atomic mass is 10.2. The number of rotatable bonds is 7. The van der Waals surface area contributed by atoms with Crippen LogP contribution in [0.5, 0.6) is 5.75 Å². The standard InChI is InChI=1S/C18H21BrN2O2/c1-13(2)23-17-6-4-3-5-16(17)20-12-11-18(22)21-15-9-7-14(19)8-10-15/h3-10,13,20H,11-12H2,1-2H3,(H,21,22). The van der Waals surface area contributed by atoms with Crippen LogP contribution in [0.2, 0.25) is 0 Å². The second-order valence-electron chi connectivity index (χ2n) is 5.39. The molecule has 2 rings (SSSR count). The Kier molecular flexibility index (Phi) is 6.47. The first kappa shape index (κ1) is 17.3. The predicted molar refractivity (Wildman–Crippen MR) is 98.1 cm³/mol. The van der Waals surface area contributed by atoms with Crippen molar-refractivity contribution in [3.8, 4) is 5.75 Å². The summed E-state index contributed by atoms with van der Waals surface area (Å²) in [5.41, 5.74) is 1.69. The first-order valence-electron chi connectivity index (χ1n) is 7.59. The average molecular weight is 377 g/mol. The quantitative estimate of drug-likeness (QED) is 0.737. The van der Waals surface area contributed by atoms with Gasteiger partial charge in [-0.2, -0.15) is 0 Å². The van der Waals surface area contributed by atoms with E-state index in [1.807, 2.05) is 62.4 Å². The number of anilines is 2. The third kappa shape index (κ3) is 5.94. The SMILES string of the molecule is CC(C)Oc1ccccc1NCCC(=O)Nc1ccc(Br)cc1. The molecule has 0 saturated heterocycles. The zero-order valence-corrected chi connectivity index (χ0v) is 14.9. The molecule has 0 aliphatic carbocycles. The van der Waals surface area contributed by atoms with Gasteiger partial charge in [0.25, 0.3) is 0 Å². The van der Waals surface area contributed by atoms with Crippen LogP contribution in [0.1, 0.15) is 20.3 Å². The fraction of sp³-hybridized carbons (Fsp3) is 0.278. The Hall–Kier alpha value is -2.01. The van der Waals surface area contributed by atoms with Gasteiger partial charge < -0.3 is 15.4 Å². The zero-order valence-electron chi connectivity index (χ0n) is 13.3. The highest BCUT2D eigenvalue weighted by atomic mass is 79.9. The van der Waals surface area contributed by atoms with E-state index in [4.69, 9.17) is 4.74 Å². The molecule has 2 N–H and O–H groups in total. The minimum absolute atomic E-state index is 0.0259. The summed E-state index contributed by atoms with van der Waals surface area (Å²) in [6.45, 7) is 4.52. The summed E-state index contributed by atoms with van der Waals surface area (Å²) in [5, 5.41) is 6.12. The Morgan fingerprint density at radius 3 is 2.52 bits per heavy atom.